The van der Waals surface area contributed by atoms with Crippen molar-refractivity contribution in [1.82, 2.24) is 0 Å². The van der Waals surface area contributed by atoms with Crippen molar-refractivity contribution in [1.29, 1.82) is 0 Å². The largest absolute Gasteiger partial charge is 0.509 e. The fraction of sp³-hybridized carbons (Fsp3) is 0.116. The average molecular weight is 891 g/mol. The summed E-state index contributed by atoms with van der Waals surface area (Å²) in [6, 6.07) is 0. The quantitative estimate of drug-likeness (QED) is 0.0936. The molecule has 0 amide bonds. The highest BCUT2D eigenvalue weighted by Gasteiger charge is 2.70. The third kappa shape index (κ3) is 1.52. The van der Waals surface area contributed by atoms with Gasteiger partial charge in [0, 0.05) is 11.8 Å². The van der Waals surface area contributed by atoms with E-state index in [2.05, 4.69) is 12.2 Å². The zero-order valence-electron chi connectivity index (χ0n) is 37.7. The van der Waals surface area contributed by atoms with Gasteiger partial charge < -0.3 is 9.47 Å². The van der Waals surface area contributed by atoms with E-state index in [4.69, 9.17) is 9.47 Å². The van der Waals surface area contributed by atoms with Gasteiger partial charge in [0.25, 0.3) is 0 Å². The second-order valence-electron chi connectivity index (χ2n) is 27.1. The number of allylic oxidation sites excluding steroid dienone is 1. The van der Waals surface area contributed by atoms with Gasteiger partial charge in [-0.15, -0.1) is 0 Å². The fourth-order valence-corrected chi connectivity index (χ4v) is 25.2. The van der Waals surface area contributed by atoms with Crippen molar-refractivity contribution in [3.8, 4) is 0 Å². The maximum absolute atomic E-state index is 14.2. The highest BCUT2D eigenvalue weighted by molar-refractivity contribution is 6.82. The standard InChI is InChI=1S/C69H14O3/c1-67(2,3)72-66(70)71-7-4-5-68-62-54-46-36-26-18-10-8-9-12-16-14(10)22-30-24(16)34-28-20(12)21-13(9)17-15-11(8)19(18)27-33-23(15)31-25(17)35-29(21)39-38(28)48-42(34)52-44(30)50(40(46)32(22)26)56(62)58(52)64-60(48)61-49(39)43(35)53-45(31)51-41(33)47(37(27)36)55(54)63(68)57(51)59(53)65(61)69(64,68)6-7/h4-5,7H,6H2,1-3H3. The van der Waals surface area contributed by atoms with Crippen LogP contribution in [-0.4, -0.2) is 17.9 Å². The molecule has 3 heteroatoms. The molecule has 28 aromatic rings. The fourth-order valence-electron chi connectivity index (χ4n) is 25.2. The number of hydrogen-bond donors (Lipinski definition) is 0. The van der Waals surface area contributed by atoms with Crippen LogP contribution < -0.4 is 0 Å². The van der Waals surface area contributed by atoms with Gasteiger partial charge >= 0.3 is 6.16 Å². The summed E-state index contributed by atoms with van der Waals surface area (Å²) in [5, 5.41) is 86.5. The molecule has 5 aliphatic carbocycles. The van der Waals surface area contributed by atoms with Crippen LogP contribution in [0.5, 0.6) is 0 Å². The molecule has 2 spiro atoms. The lowest BCUT2D eigenvalue weighted by atomic mass is 9.45. The van der Waals surface area contributed by atoms with Gasteiger partial charge in [0.1, 0.15) is 11.7 Å². The van der Waals surface area contributed by atoms with E-state index < -0.39 is 28.7 Å². The van der Waals surface area contributed by atoms with E-state index in [1.165, 1.54) is 0 Å². The molecule has 0 saturated carbocycles. The van der Waals surface area contributed by atoms with Gasteiger partial charge in [0.05, 0.1) is 5.41 Å². The molecule has 28 aromatic carbocycles. The topological polar surface area (TPSA) is 35.5 Å². The predicted molar refractivity (Wildman–Crippen MR) is 299 cm³/mol. The Morgan fingerprint density at radius 1 is 0.333 bits per heavy atom. The molecule has 0 bridgehead atoms. The molecule has 0 saturated heterocycles. The van der Waals surface area contributed by atoms with Crippen LogP contribution >= 0.6 is 0 Å². The van der Waals surface area contributed by atoms with Crippen LogP contribution in [0.1, 0.15) is 49.4 Å². The van der Waals surface area contributed by atoms with Gasteiger partial charge in [0.2, 0.25) is 0 Å². The highest BCUT2D eigenvalue weighted by Crippen LogP contribution is 2.85. The number of carbonyl (C=O) groups excluding carboxylic acids is 1. The second kappa shape index (κ2) is 6.24. The van der Waals surface area contributed by atoms with E-state index in [9.17, 15) is 4.79 Å². The molecule has 0 aromatic heterocycles. The molecule has 3 nitrogen and oxygen atoms in total. The minimum absolute atomic E-state index is 0.449. The molecule has 33 rings (SSSR count). The lowest BCUT2D eigenvalue weighted by Gasteiger charge is -2.55. The molecule has 1 unspecified atom stereocenters. The van der Waals surface area contributed by atoms with Gasteiger partial charge in [-0.25, -0.2) is 4.79 Å². The molecular weight excluding hydrogens is 877 g/mol. The number of carbonyl (C=O) groups is 1. The summed E-state index contributed by atoms with van der Waals surface area (Å²) in [6.07, 6.45) is 4.76. The number of hydrogen-bond acceptors (Lipinski definition) is 3. The summed E-state index contributed by atoms with van der Waals surface area (Å²) >= 11 is 0. The molecule has 5 aliphatic rings. The minimum atomic E-state index is -0.657. The second-order valence-corrected chi connectivity index (χ2v) is 27.1. The highest BCUT2D eigenvalue weighted by atomic mass is 16.7. The smallest absolute Gasteiger partial charge is 0.429 e. The van der Waals surface area contributed by atoms with Gasteiger partial charge in [0.15, 0.2) is 0 Å². The Kier molecular flexibility index (Phi) is 2.41. The normalized spacial score (nSPS) is 23.4. The SMILES string of the molecule is CC(C)(C)OC(=O)OC1C=CC23c4c5c6c7c8c9c(c%10c%11c2c2c4c4c%12c5c5c6c6c8c8c%13c9c9c%10c%10c%11c%11c2c2c4c4c%12c%12c5c5c6c8c6c8c%13c9c9c%10c%10c%11c2c2c4c4c%12c5c6c5c8c9c%10c2c45)C73C1. The lowest BCUT2D eigenvalue weighted by molar-refractivity contribution is -0.0245. The summed E-state index contributed by atoms with van der Waals surface area (Å²) in [5.74, 6) is 0. The molecule has 0 heterocycles. The summed E-state index contributed by atoms with van der Waals surface area (Å²) < 4.78 is 12.8. The Morgan fingerprint density at radius 2 is 0.528 bits per heavy atom. The molecule has 0 aliphatic heterocycles. The van der Waals surface area contributed by atoms with Gasteiger partial charge in [-0.2, -0.15) is 0 Å². The van der Waals surface area contributed by atoms with Crippen LogP contribution in [0.25, 0.3) is 291 Å². The first-order valence-electron chi connectivity index (χ1n) is 26.8. The van der Waals surface area contributed by atoms with Crippen molar-refractivity contribution >= 4 is 297 Å². The first-order chi connectivity index (χ1) is 35.4. The van der Waals surface area contributed by atoms with E-state index >= 15 is 0 Å². The Hall–Kier alpha value is -8.53. The predicted octanol–water partition coefficient (Wildman–Crippen LogP) is 18.6. The van der Waals surface area contributed by atoms with Crippen LogP contribution in [0, 0.1) is 0 Å². The number of rotatable bonds is 1. The van der Waals surface area contributed by atoms with Crippen molar-refractivity contribution in [2.24, 2.45) is 0 Å². The molecule has 0 fully saturated rings. The third-order valence-electron chi connectivity index (χ3n) is 25.3. The van der Waals surface area contributed by atoms with E-state index in [0.717, 1.165) is 0 Å². The van der Waals surface area contributed by atoms with Crippen molar-refractivity contribution in [3.05, 3.63) is 34.4 Å². The molecule has 308 valence electrons. The first-order valence-corrected chi connectivity index (χ1v) is 26.8. The van der Waals surface area contributed by atoms with Crippen LogP contribution in [0.4, 0.5) is 4.79 Å². The Balaban J connectivity index is 1.11. The van der Waals surface area contributed by atoms with Crippen molar-refractivity contribution in [3.63, 3.8) is 0 Å². The summed E-state index contributed by atoms with van der Waals surface area (Å²) in [6.45, 7) is 5.88. The van der Waals surface area contributed by atoms with Crippen LogP contribution in [0.2, 0.25) is 0 Å². The summed E-state index contributed by atoms with van der Waals surface area (Å²) in [7, 11) is 0. The monoisotopic (exact) mass is 890 g/mol. The molecule has 0 N–H and O–H groups in total. The van der Waals surface area contributed by atoms with E-state index in [1.807, 2.05) is 20.8 Å². The maximum atomic E-state index is 14.2. The third-order valence-corrected chi connectivity index (χ3v) is 25.3. The Morgan fingerprint density at radius 3 is 0.736 bits per heavy atom. The van der Waals surface area contributed by atoms with Crippen molar-refractivity contribution in [2.45, 2.75) is 49.7 Å². The summed E-state index contributed by atoms with van der Waals surface area (Å²) in [5.41, 5.74) is 4.79. The molecular formula is C69H14O3. The van der Waals surface area contributed by atoms with E-state index in [-0.39, 0.29) is 0 Å². The lowest BCUT2D eigenvalue weighted by Crippen LogP contribution is -2.54. The van der Waals surface area contributed by atoms with Crippen molar-refractivity contribution in [2.75, 3.05) is 0 Å². The molecule has 1 atom stereocenters. The van der Waals surface area contributed by atoms with E-state index in [1.54, 1.807) is 313 Å². The Labute approximate surface area is 393 Å². The minimum Gasteiger partial charge on any atom is -0.429 e. The Bertz CT molecular complexity index is 7130. The van der Waals surface area contributed by atoms with Gasteiger partial charge in [-0.05, 0) is 340 Å². The molecule has 0 radical (unpaired) electrons. The van der Waals surface area contributed by atoms with Crippen LogP contribution in [0.15, 0.2) is 12.2 Å². The maximum Gasteiger partial charge on any atom is 0.509 e. The van der Waals surface area contributed by atoms with E-state index in [0.29, 0.717) is 6.42 Å². The van der Waals surface area contributed by atoms with Crippen LogP contribution in [-0.2, 0) is 20.3 Å². The zero-order valence-corrected chi connectivity index (χ0v) is 37.7. The number of ether oxygens (including phenoxy) is 2. The van der Waals surface area contributed by atoms with Gasteiger partial charge in [-0.1, -0.05) is 6.08 Å². The zero-order chi connectivity index (χ0) is 43.7. The summed E-state index contributed by atoms with van der Waals surface area (Å²) in [4.78, 5) is 14.2. The first kappa shape index (κ1) is 27.8. The van der Waals surface area contributed by atoms with Crippen molar-refractivity contribution < 1.29 is 14.3 Å². The number of benzene rings is 18. The average Bonchev–Trinajstić information content (AvgIpc) is 4.22. The van der Waals surface area contributed by atoms with Gasteiger partial charge in [-0.3, -0.25) is 0 Å². The van der Waals surface area contributed by atoms with Crippen LogP contribution in [0.3, 0.4) is 0 Å². The molecule has 72 heavy (non-hydrogen) atoms.